The van der Waals surface area contributed by atoms with Crippen LogP contribution in [0.5, 0.6) is 0 Å². The highest BCUT2D eigenvalue weighted by atomic mass is 16.6. The molecule has 7 rings (SSSR count). The molecule has 3 aliphatic heterocycles. The number of aromatic nitrogens is 1. The van der Waals surface area contributed by atoms with Crippen molar-refractivity contribution in [2.45, 2.75) is 24.9 Å². The highest BCUT2D eigenvalue weighted by Crippen LogP contribution is 2.54. The first-order valence-electron chi connectivity index (χ1n) is 13.4. The fourth-order valence-corrected chi connectivity index (χ4v) is 6.77. The summed E-state index contributed by atoms with van der Waals surface area (Å²) >= 11 is 0. The first-order chi connectivity index (χ1) is 20.2. The topological polar surface area (TPSA) is 167 Å². The number of fused-ring (bicyclic) bond motifs is 5. The molecule has 12 nitrogen and oxygen atoms in total. The maximum absolute atomic E-state index is 14.2. The lowest BCUT2D eigenvalue weighted by Gasteiger charge is -2.29. The van der Waals surface area contributed by atoms with Crippen LogP contribution < -0.4 is 20.9 Å². The number of H-pyrrole nitrogens is 1. The van der Waals surface area contributed by atoms with E-state index < -0.39 is 46.1 Å². The van der Waals surface area contributed by atoms with E-state index in [0.29, 0.717) is 23.5 Å². The van der Waals surface area contributed by atoms with E-state index in [1.54, 1.807) is 24.3 Å². The standard InChI is InChI=1S/C30H24N6O6/c1-15(37)32-17-6-8-18(9-7-17)35-27(38)25-24(12-16-14-31-22-5-3-2-4-20(16)22)34-30(26(25)28(35)39)21-13-19(36(41)42)10-11-23(21)33-29(30)40/h2-11,13-14,24-26,31,34H,12H2,1H3,(H,32,37)(H,33,40)/t24-,25-,26-,30+/m0/s1. The summed E-state index contributed by atoms with van der Waals surface area (Å²) < 4.78 is 0. The summed E-state index contributed by atoms with van der Waals surface area (Å²) in [5, 5.41) is 21.4. The fourth-order valence-electron chi connectivity index (χ4n) is 6.77. The number of nitrogens with zero attached hydrogens (tertiary/aromatic N) is 2. The number of anilines is 3. The van der Waals surface area contributed by atoms with Gasteiger partial charge in [-0.1, -0.05) is 18.2 Å². The van der Waals surface area contributed by atoms with Crippen LogP contribution in [-0.4, -0.2) is 39.6 Å². The highest BCUT2D eigenvalue weighted by Gasteiger charge is 2.70. The fraction of sp³-hybridized carbons (Fsp3) is 0.200. The minimum atomic E-state index is -1.69. The molecule has 12 heteroatoms. The molecule has 4 amide bonds. The van der Waals surface area contributed by atoms with Crippen molar-refractivity contribution in [3.63, 3.8) is 0 Å². The number of nitro benzene ring substituents is 1. The molecule has 1 spiro atoms. The number of nitrogens with one attached hydrogen (secondary N) is 4. The van der Waals surface area contributed by atoms with Gasteiger partial charge in [0.2, 0.25) is 23.6 Å². The second-order valence-electron chi connectivity index (χ2n) is 10.8. The van der Waals surface area contributed by atoms with Gasteiger partial charge in [0.25, 0.3) is 5.69 Å². The highest BCUT2D eigenvalue weighted by molar-refractivity contribution is 6.26. The minimum absolute atomic E-state index is 0.231. The average Bonchev–Trinajstić information content (AvgIpc) is 3.67. The Hall–Kier alpha value is -5.36. The molecule has 1 aromatic heterocycles. The molecule has 0 aliphatic carbocycles. The van der Waals surface area contributed by atoms with Crippen LogP contribution in [0.1, 0.15) is 18.1 Å². The van der Waals surface area contributed by atoms with Crippen molar-refractivity contribution in [1.82, 2.24) is 10.3 Å². The number of aromatic amines is 1. The number of non-ortho nitro benzene ring substituents is 1. The van der Waals surface area contributed by atoms with Gasteiger partial charge in [-0.05, 0) is 48.4 Å². The van der Waals surface area contributed by atoms with Gasteiger partial charge < -0.3 is 15.6 Å². The van der Waals surface area contributed by atoms with Crippen LogP contribution in [0.15, 0.2) is 72.9 Å². The molecule has 0 radical (unpaired) electrons. The van der Waals surface area contributed by atoms with E-state index in [2.05, 4.69) is 20.9 Å². The first-order valence-corrected chi connectivity index (χ1v) is 13.4. The molecule has 0 bridgehead atoms. The number of hydrogen-bond acceptors (Lipinski definition) is 7. The summed E-state index contributed by atoms with van der Waals surface area (Å²) in [7, 11) is 0. The van der Waals surface area contributed by atoms with E-state index in [4.69, 9.17) is 0 Å². The summed E-state index contributed by atoms with van der Waals surface area (Å²) in [6, 6.07) is 17.4. The summed E-state index contributed by atoms with van der Waals surface area (Å²) in [6.45, 7) is 1.37. The average molecular weight is 565 g/mol. The van der Waals surface area contributed by atoms with E-state index >= 15 is 0 Å². The van der Waals surface area contributed by atoms with E-state index in [9.17, 15) is 29.3 Å². The zero-order valence-electron chi connectivity index (χ0n) is 22.2. The van der Waals surface area contributed by atoms with Crippen LogP contribution >= 0.6 is 0 Å². The SMILES string of the molecule is CC(=O)Nc1ccc(N2C(=O)[C@H]3[C@H](Cc4c[nH]c5ccccc45)N[C@@]4(C(=O)Nc5ccc([N+](=O)[O-])cc54)[C@@H]3C2=O)cc1. The molecular formula is C30H24N6O6. The maximum atomic E-state index is 14.2. The third-order valence-electron chi connectivity index (χ3n) is 8.47. The molecule has 4 aromatic rings. The van der Waals surface area contributed by atoms with Crippen LogP contribution in [0, 0.1) is 22.0 Å². The number of imide groups is 1. The monoisotopic (exact) mass is 564 g/mol. The molecule has 0 unspecified atom stereocenters. The van der Waals surface area contributed by atoms with Gasteiger partial charge >= 0.3 is 0 Å². The molecule has 0 saturated carbocycles. The Balaban J connectivity index is 1.35. The van der Waals surface area contributed by atoms with Gasteiger partial charge in [-0.3, -0.25) is 34.6 Å². The Bertz CT molecular complexity index is 1850. The Kier molecular flexibility index (Phi) is 5.53. The second kappa shape index (κ2) is 9.08. The Morgan fingerprint density at radius 2 is 1.81 bits per heavy atom. The summed E-state index contributed by atoms with van der Waals surface area (Å²) in [5.41, 5.74) is 1.29. The third-order valence-corrected chi connectivity index (χ3v) is 8.47. The smallest absolute Gasteiger partial charge is 0.269 e. The van der Waals surface area contributed by atoms with Crippen molar-refractivity contribution in [2.75, 3.05) is 15.5 Å². The van der Waals surface area contributed by atoms with Crippen LogP contribution in [0.3, 0.4) is 0 Å². The molecule has 3 aromatic carbocycles. The molecule has 2 saturated heterocycles. The van der Waals surface area contributed by atoms with Crippen molar-refractivity contribution in [3.05, 3.63) is 94.2 Å². The zero-order valence-corrected chi connectivity index (χ0v) is 22.2. The van der Waals surface area contributed by atoms with Crippen LogP contribution in [-0.2, 0) is 31.1 Å². The van der Waals surface area contributed by atoms with Gasteiger partial charge in [0, 0.05) is 59.1 Å². The van der Waals surface area contributed by atoms with Gasteiger partial charge in [-0.2, -0.15) is 0 Å². The minimum Gasteiger partial charge on any atom is -0.361 e. The number of amides is 4. The normalized spacial score (nSPS) is 24.3. The quantitative estimate of drug-likeness (QED) is 0.164. The molecule has 210 valence electrons. The number of para-hydroxylation sites is 1. The molecule has 4 atom stereocenters. The number of nitro groups is 1. The molecule has 4 N–H and O–H groups in total. The predicted octanol–water partition coefficient (Wildman–Crippen LogP) is 3.20. The van der Waals surface area contributed by atoms with Crippen LogP contribution in [0.25, 0.3) is 10.9 Å². The maximum Gasteiger partial charge on any atom is 0.269 e. The van der Waals surface area contributed by atoms with E-state index in [0.717, 1.165) is 21.4 Å². The predicted molar refractivity (Wildman–Crippen MR) is 153 cm³/mol. The van der Waals surface area contributed by atoms with Crippen molar-refractivity contribution >= 4 is 57.3 Å². The first kappa shape index (κ1) is 25.6. The summed E-state index contributed by atoms with van der Waals surface area (Å²) in [6.07, 6.45) is 2.17. The number of rotatable bonds is 5. The summed E-state index contributed by atoms with van der Waals surface area (Å²) in [5.74, 6) is -3.95. The Labute approximate surface area is 238 Å². The van der Waals surface area contributed by atoms with Crippen LogP contribution in [0.2, 0.25) is 0 Å². The van der Waals surface area contributed by atoms with Crippen molar-refractivity contribution in [2.24, 2.45) is 11.8 Å². The molecule has 4 heterocycles. The molecule has 42 heavy (non-hydrogen) atoms. The number of carbonyl (C=O) groups is 4. The number of carbonyl (C=O) groups excluding carboxylic acids is 4. The van der Waals surface area contributed by atoms with E-state index in [1.165, 1.54) is 25.1 Å². The van der Waals surface area contributed by atoms with Gasteiger partial charge in [-0.15, -0.1) is 0 Å². The molecule has 3 aliphatic rings. The lowest BCUT2D eigenvalue weighted by atomic mass is 9.76. The van der Waals surface area contributed by atoms with Crippen molar-refractivity contribution in [3.8, 4) is 0 Å². The summed E-state index contributed by atoms with van der Waals surface area (Å²) in [4.78, 5) is 69.1. The van der Waals surface area contributed by atoms with Crippen molar-refractivity contribution < 1.29 is 24.1 Å². The lowest BCUT2D eigenvalue weighted by molar-refractivity contribution is -0.384. The Morgan fingerprint density at radius 3 is 2.55 bits per heavy atom. The largest absolute Gasteiger partial charge is 0.361 e. The number of hydrogen-bond donors (Lipinski definition) is 4. The van der Waals surface area contributed by atoms with Gasteiger partial charge in [0.15, 0.2) is 0 Å². The second-order valence-corrected chi connectivity index (χ2v) is 10.8. The van der Waals surface area contributed by atoms with Gasteiger partial charge in [0.05, 0.1) is 22.4 Å². The zero-order chi connectivity index (χ0) is 29.3. The van der Waals surface area contributed by atoms with Gasteiger partial charge in [0.1, 0.15) is 5.54 Å². The van der Waals surface area contributed by atoms with Crippen LogP contribution in [0.4, 0.5) is 22.7 Å². The third kappa shape index (κ3) is 3.58. The Morgan fingerprint density at radius 1 is 1.05 bits per heavy atom. The van der Waals surface area contributed by atoms with Crippen molar-refractivity contribution in [1.29, 1.82) is 0 Å². The molecule has 2 fully saturated rings. The van der Waals surface area contributed by atoms with E-state index in [-0.39, 0.29) is 17.2 Å². The number of benzene rings is 3. The molecular weight excluding hydrogens is 540 g/mol. The lowest BCUT2D eigenvalue weighted by Crippen LogP contribution is -2.53. The van der Waals surface area contributed by atoms with E-state index in [1.807, 2.05) is 30.5 Å². The van der Waals surface area contributed by atoms with Gasteiger partial charge in [-0.25, -0.2) is 4.90 Å².